The van der Waals surface area contributed by atoms with E-state index in [0.717, 1.165) is 18.3 Å². The maximum atomic E-state index is 13.0. The van der Waals surface area contributed by atoms with Crippen molar-refractivity contribution in [2.45, 2.75) is 26.3 Å². The highest BCUT2D eigenvalue weighted by atomic mass is 32.1. The quantitative estimate of drug-likeness (QED) is 0.866. The molecule has 0 unspecified atom stereocenters. The van der Waals surface area contributed by atoms with Crippen molar-refractivity contribution in [1.29, 1.82) is 0 Å². The third-order valence-electron chi connectivity index (χ3n) is 2.70. The average Bonchev–Trinajstić information content (AvgIpc) is 2.66. The molecule has 1 aromatic carbocycles. The summed E-state index contributed by atoms with van der Waals surface area (Å²) >= 11 is 5.10. The molecule has 0 radical (unpaired) electrons. The van der Waals surface area contributed by atoms with Crippen molar-refractivity contribution < 1.29 is 8.78 Å². The Morgan fingerprint density at radius 1 is 1.28 bits per heavy atom. The molecule has 2 rings (SSSR count). The van der Waals surface area contributed by atoms with Gasteiger partial charge in [-0.2, -0.15) is 5.10 Å². The van der Waals surface area contributed by atoms with Crippen LogP contribution in [0.3, 0.4) is 0 Å². The second-order valence-electron chi connectivity index (χ2n) is 3.98. The fraction of sp³-hybridized carbons (Fsp3) is 0.333. The molecule has 0 amide bonds. The van der Waals surface area contributed by atoms with E-state index in [1.54, 1.807) is 0 Å². The van der Waals surface area contributed by atoms with Crippen molar-refractivity contribution in [3.05, 3.63) is 46.0 Å². The van der Waals surface area contributed by atoms with E-state index in [0.29, 0.717) is 23.3 Å². The summed E-state index contributed by atoms with van der Waals surface area (Å²) in [6, 6.07) is 3.53. The maximum Gasteiger partial charge on any atom is 0.195 e. The number of nitrogens with one attached hydrogen (secondary N) is 1. The SMILES string of the molecule is CCc1n[nH]c(=S)n1CCc1cc(F)cc(F)c1. The normalized spacial score (nSPS) is 10.8. The number of rotatable bonds is 4. The van der Waals surface area contributed by atoms with E-state index in [4.69, 9.17) is 12.2 Å². The summed E-state index contributed by atoms with van der Waals surface area (Å²) < 4.78 is 28.4. The van der Waals surface area contributed by atoms with Gasteiger partial charge in [-0.05, 0) is 36.3 Å². The molecule has 1 heterocycles. The molecule has 6 heteroatoms. The smallest absolute Gasteiger partial charge is 0.195 e. The largest absolute Gasteiger partial charge is 0.304 e. The Hall–Kier alpha value is -1.56. The van der Waals surface area contributed by atoms with Crippen molar-refractivity contribution in [2.75, 3.05) is 0 Å². The van der Waals surface area contributed by atoms with Gasteiger partial charge in [-0.3, -0.25) is 5.10 Å². The summed E-state index contributed by atoms with van der Waals surface area (Å²) in [5, 5.41) is 6.79. The van der Waals surface area contributed by atoms with Gasteiger partial charge < -0.3 is 4.57 Å². The molecule has 1 aromatic heterocycles. The third kappa shape index (κ3) is 2.81. The number of hydrogen-bond acceptors (Lipinski definition) is 2. The van der Waals surface area contributed by atoms with E-state index in [-0.39, 0.29) is 0 Å². The predicted molar refractivity (Wildman–Crippen MR) is 66.9 cm³/mol. The summed E-state index contributed by atoms with van der Waals surface area (Å²) in [4.78, 5) is 0. The van der Waals surface area contributed by atoms with E-state index < -0.39 is 11.6 Å². The van der Waals surface area contributed by atoms with Gasteiger partial charge in [0.15, 0.2) is 4.77 Å². The minimum atomic E-state index is -0.559. The van der Waals surface area contributed by atoms with E-state index in [2.05, 4.69) is 10.2 Å². The van der Waals surface area contributed by atoms with Crippen LogP contribution in [0.4, 0.5) is 8.78 Å². The number of halogens is 2. The maximum absolute atomic E-state index is 13.0. The Balaban J connectivity index is 2.16. The molecule has 0 atom stereocenters. The number of aromatic nitrogens is 3. The lowest BCUT2D eigenvalue weighted by Crippen LogP contribution is -2.06. The predicted octanol–water partition coefficient (Wildman–Crippen LogP) is 3.02. The van der Waals surface area contributed by atoms with E-state index in [1.165, 1.54) is 12.1 Å². The molecular weight excluding hydrogens is 256 g/mol. The first-order chi connectivity index (χ1) is 8.60. The van der Waals surface area contributed by atoms with E-state index >= 15 is 0 Å². The zero-order chi connectivity index (χ0) is 13.1. The fourth-order valence-electron chi connectivity index (χ4n) is 1.85. The Labute approximate surface area is 108 Å². The number of aromatic amines is 1. The van der Waals surface area contributed by atoms with Gasteiger partial charge in [0.25, 0.3) is 0 Å². The monoisotopic (exact) mass is 269 g/mol. The van der Waals surface area contributed by atoms with Crippen molar-refractivity contribution in [3.8, 4) is 0 Å². The summed E-state index contributed by atoms with van der Waals surface area (Å²) in [5.41, 5.74) is 0.609. The first kappa shape index (κ1) is 12.9. The summed E-state index contributed by atoms with van der Waals surface area (Å²) in [6.45, 7) is 2.53. The molecule has 0 saturated carbocycles. The lowest BCUT2D eigenvalue weighted by atomic mass is 10.1. The van der Waals surface area contributed by atoms with E-state index in [1.807, 2.05) is 11.5 Å². The number of nitrogens with zero attached hydrogens (tertiary/aromatic N) is 2. The fourth-order valence-corrected chi connectivity index (χ4v) is 2.09. The molecule has 0 bridgehead atoms. The van der Waals surface area contributed by atoms with Gasteiger partial charge in [0.1, 0.15) is 17.5 Å². The summed E-state index contributed by atoms with van der Waals surface area (Å²) in [7, 11) is 0. The number of aryl methyl sites for hydroxylation is 2. The van der Waals surface area contributed by atoms with E-state index in [9.17, 15) is 8.78 Å². The van der Waals surface area contributed by atoms with Gasteiger partial charge in [0.2, 0.25) is 0 Å². The average molecular weight is 269 g/mol. The Morgan fingerprint density at radius 3 is 2.56 bits per heavy atom. The van der Waals surface area contributed by atoms with Crippen LogP contribution in [0.1, 0.15) is 18.3 Å². The Kier molecular flexibility index (Phi) is 3.86. The van der Waals surface area contributed by atoms with Crippen molar-refractivity contribution in [2.24, 2.45) is 0 Å². The van der Waals surface area contributed by atoms with Crippen molar-refractivity contribution >= 4 is 12.2 Å². The second kappa shape index (κ2) is 5.39. The highest BCUT2D eigenvalue weighted by Crippen LogP contribution is 2.10. The van der Waals surface area contributed by atoms with Gasteiger partial charge in [0, 0.05) is 19.0 Å². The molecule has 3 nitrogen and oxygen atoms in total. The van der Waals surface area contributed by atoms with Crippen LogP contribution in [0, 0.1) is 16.4 Å². The van der Waals surface area contributed by atoms with Crippen LogP contribution in [0.5, 0.6) is 0 Å². The molecule has 96 valence electrons. The minimum Gasteiger partial charge on any atom is -0.304 e. The molecule has 0 aliphatic carbocycles. The molecule has 0 aliphatic heterocycles. The number of H-pyrrole nitrogens is 1. The highest BCUT2D eigenvalue weighted by Gasteiger charge is 2.05. The van der Waals surface area contributed by atoms with Gasteiger partial charge in [0.05, 0.1) is 0 Å². The van der Waals surface area contributed by atoms with Crippen LogP contribution in [-0.4, -0.2) is 14.8 Å². The zero-order valence-electron chi connectivity index (χ0n) is 9.91. The van der Waals surface area contributed by atoms with Crippen LogP contribution >= 0.6 is 12.2 Å². The van der Waals surface area contributed by atoms with Gasteiger partial charge >= 0.3 is 0 Å². The lowest BCUT2D eigenvalue weighted by molar-refractivity contribution is 0.574. The number of benzene rings is 1. The summed E-state index contributed by atoms with van der Waals surface area (Å²) in [6.07, 6.45) is 1.26. The minimum absolute atomic E-state index is 0.509. The Morgan fingerprint density at radius 2 is 1.94 bits per heavy atom. The molecule has 0 aliphatic rings. The van der Waals surface area contributed by atoms with Gasteiger partial charge in [-0.1, -0.05) is 6.92 Å². The van der Waals surface area contributed by atoms with Gasteiger partial charge in [-0.25, -0.2) is 8.78 Å². The van der Waals surface area contributed by atoms with Crippen LogP contribution in [0.25, 0.3) is 0 Å². The second-order valence-corrected chi connectivity index (χ2v) is 4.36. The Bertz CT molecular complexity index is 583. The van der Waals surface area contributed by atoms with Gasteiger partial charge in [-0.15, -0.1) is 0 Å². The summed E-state index contributed by atoms with van der Waals surface area (Å²) in [5.74, 6) is -0.273. The highest BCUT2D eigenvalue weighted by molar-refractivity contribution is 7.71. The van der Waals surface area contributed by atoms with Crippen LogP contribution in [0.15, 0.2) is 18.2 Å². The molecule has 0 fully saturated rings. The molecule has 2 aromatic rings. The van der Waals surface area contributed by atoms with Crippen LogP contribution < -0.4 is 0 Å². The van der Waals surface area contributed by atoms with Crippen LogP contribution in [-0.2, 0) is 19.4 Å². The first-order valence-corrected chi connectivity index (χ1v) is 6.10. The molecule has 1 N–H and O–H groups in total. The van der Waals surface area contributed by atoms with Crippen molar-refractivity contribution in [1.82, 2.24) is 14.8 Å². The standard InChI is InChI=1S/C12H13F2N3S/c1-2-11-15-16-12(18)17(11)4-3-8-5-9(13)7-10(14)6-8/h5-7H,2-4H2,1H3,(H,16,18). The third-order valence-corrected chi connectivity index (χ3v) is 3.01. The first-order valence-electron chi connectivity index (χ1n) is 5.69. The van der Waals surface area contributed by atoms with Crippen LogP contribution in [0.2, 0.25) is 0 Å². The topological polar surface area (TPSA) is 33.6 Å². The molecule has 18 heavy (non-hydrogen) atoms. The molecule has 0 saturated heterocycles. The number of hydrogen-bond donors (Lipinski definition) is 1. The zero-order valence-corrected chi connectivity index (χ0v) is 10.7. The van der Waals surface area contributed by atoms with Crippen molar-refractivity contribution in [3.63, 3.8) is 0 Å². The molecule has 0 spiro atoms. The molecular formula is C12H13F2N3S. The lowest BCUT2D eigenvalue weighted by Gasteiger charge is -2.06.